The van der Waals surface area contributed by atoms with Crippen molar-refractivity contribution in [1.82, 2.24) is 4.90 Å². The minimum absolute atomic E-state index is 0.265. The van der Waals surface area contributed by atoms with Crippen molar-refractivity contribution in [2.45, 2.75) is 19.4 Å². The van der Waals surface area contributed by atoms with Gasteiger partial charge in [0.05, 0.1) is 0 Å². The summed E-state index contributed by atoms with van der Waals surface area (Å²) in [5.74, 6) is 0.734. The van der Waals surface area contributed by atoms with Crippen molar-refractivity contribution in [1.29, 1.82) is 0 Å². The van der Waals surface area contributed by atoms with Crippen LogP contribution in [0.15, 0.2) is 22.7 Å². The third-order valence-electron chi connectivity index (χ3n) is 3.30. The van der Waals surface area contributed by atoms with Crippen LogP contribution in [0.25, 0.3) is 0 Å². The molecule has 1 saturated heterocycles. The fraction of sp³-hybridized carbons (Fsp3) is 0.538. The number of aliphatic hydroxyl groups excluding tert-OH is 1. The number of phenols is 1. The smallest absolute Gasteiger partial charge is 0.120 e. The fourth-order valence-electron chi connectivity index (χ4n) is 2.37. The topological polar surface area (TPSA) is 43.7 Å². The fourth-order valence-corrected chi connectivity index (χ4v) is 2.77. The first-order valence-corrected chi connectivity index (χ1v) is 6.79. The minimum Gasteiger partial charge on any atom is -0.508 e. The highest BCUT2D eigenvalue weighted by Gasteiger charge is 2.19. The van der Waals surface area contributed by atoms with Gasteiger partial charge in [0.1, 0.15) is 5.75 Å². The molecule has 0 amide bonds. The average Bonchev–Trinajstić information content (AvgIpc) is 2.34. The van der Waals surface area contributed by atoms with Crippen molar-refractivity contribution < 1.29 is 10.2 Å². The van der Waals surface area contributed by atoms with E-state index in [9.17, 15) is 10.2 Å². The first-order chi connectivity index (χ1) is 8.19. The molecule has 1 aliphatic heterocycles. The van der Waals surface area contributed by atoms with Crippen LogP contribution in [0, 0.1) is 5.92 Å². The average molecular weight is 300 g/mol. The summed E-state index contributed by atoms with van der Waals surface area (Å²) in [4.78, 5) is 2.30. The van der Waals surface area contributed by atoms with E-state index in [1.54, 1.807) is 6.07 Å². The molecule has 1 aliphatic rings. The van der Waals surface area contributed by atoms with E-state index >= 15 is 0 Å². The maximum absolute atomic E-state index is 9.79. The van der Waals surface area contributed by atoms with Crippen LogP contribution in [0.5, 0.6) is 5.75 Å². The summed E-state index contributed by atoms with van der Waals surface area (Å²) in [6, 6.07) is 5.51. The number of hydrogen-bond donors (Lipinski definition) is 2. The molecule has 1 heterocycles. The molecule has 1 aromatic rings. The second-order valence-electron chi connectivity index (χ2n) is 4.70. The van der Waals surface area contributed by atoms with Gasteiger partial charge in [-0.2, -0.15) is 0 Å². The van der Waals surface area contributed by atoms with E-state index in [-0.39, 0.29) is 6.61 Å². The van der Waals surface area contributed by atoms with Crippen molar-refractivity contribution >= 4 is 15.9 Å². The number of phenolic OH excluding ortho intramolecular Hbond substituents is 1. The lowest BCUT2D eigenvalue weighted by Gasteiger charge is -2.31. The Balaban J connectivity index is 2.02. The molecule has 1 aromatic carbocycles. The molecule has 1 unspecified atom stereocenters. The zero-order valence-electron chi connectivity index (χ0n) is 9.77. The van der Waals surface area contributed by atoms with Crippen LogP contribution in [0.3, 0.4) is 0 Å². The van der Waals surface area contributed by atoms with Crippen LogP contribution in [-0.4, -0.2) is 34.8 Å². The molecule has 1 atom stereocenters. The number of nitrogens with zero attached hydrogens (tertiary/aromatic N) is 1. The number of piperidine rings is 1. The Hall–Kier alpha value is -0.580. The molecular weight excluding hydrogens is 282 g/mol. The van der Waals surface area contributed by atoms with Crippen LogP contribution >= 0.6 is 15.9 Å². The van der Waals surface area contributed by atoms with Gasteiger partial charge in [0, 0.05) is 29.7 Å². The molecule has 94 valence electrons. The molecule has 0 spiro atoms. The highest BCUT2D eigenvalue weighted by molar-refractivity contribution is 9.10. The molecule has 0 aliphatic carbocycles. The second kappa shape index (κ2) is 5.85. The molecule has 1 fully saturated rings. The van der Waals surface area contributed by atoms with Crippen LogP contribution in [0.4, 0.5) is 0 Å². The summed E-state index contributed by atoms with van der Waals surface area (Å²) >= 11 is 3.42. The van der Waals surface area contributed by atoms with E-state index in [4.69, 9.17) is 0 Å². The second-order valence-corrected chi connectivity index (χ2v) is 5.61. The van der Waals surface area contributed by atoms with Crippen molar-refractivity contribution in [3.63, 3.8) is 0 Å². The number of rotatable bonds is 3. The van der Waals surface area contributed by atoms with Gasteiger partial charge in [0.15, 0.2) is 0 Å². The minimum atomic E-state index is 0.265. The Bertz CT molecular complexity index is 384. The molecule has 17 heavy (non-hydrogen) atoms. The lowest BCUT2D eigenvalue weighted by molar-refractivity contribution is 0.115. The quantitative estimate of drug-likeness (QED) is 0.900. The summed E-state index contributed by atoms with van der Waals surface area (Å²) in [6.45, 7) is 2.98. The number of hydrogen-bond acceptors (Lipinski definition) is 3. The largest absolute Gasteiger partial charge is 0.508 e. The standard InChI is InChI=1S/C13H18BrNO2/c14-12-3-4-13(17)11(6-12)8-15-5-1-2-10(7-15)9-16/h3-4,6,10,16-17H,1-2,5,7-9H2. The summed E-state index contributed by atoms with van der Waals surface area (Å²) in [5, 5.41) is 19.0. The van der Waals surface area contributed by atoms with Crippen LogP contribution in [0.1, 0.15) is 18.4 Å². The van der Waals surface area contributed by atoms with Crippen molar-refractivity contribution in [3.05, 3.63) is 28.2 Å². The first-order valence-electron chi connectivity index (χ1n) is 5.99. The highest BCUT2D eigenvalue weighted by Crippen LogP contribution is 2.25. The molecule has 2 N–H and O–H groups in total. The van der Waals surface area contributed by atoms with Gasteiger partial charge < -0.3 is 10.2 Å². The third-order valence-corrected chi connectivity index (χ3v) is 3.79. The Labute approximate surface area is 110 Å². The Morgan fingerprint density at radius 1 is 1.41 bits per heavy atom. The third kappa shape index (κ3) is 3.44. The summed E-state index contributed by atoms with van der Waals surface area (Å²) < 4.78 is 0.987. The lowest BCUT2D eigenvalue weighted by atomic mass is 9.98. The number of benzene rings is 1. The van der Waals surface area contributed by atoms with Gasteiger partial charge in [-0.15, -0.1) is 0 Å². The van der Waals surface area contributed by atoms with Gasteiger partial charge in [0.2, 0.25) is 0 Å². The van der Waals surface area contributed by atoms with Crippen molar-refractivity contribution in [2.24, 2.45) is 5.92 Å². The van der Waals surface area contributed by atoms with Crippen molar-refractivity contribution in [2.75, 3.05) is 19.7 Å². The summed E-state index contributed by atoms with van der Waals surface area (Å²) in [7, 11) is 0. The monoisotopic (exact) mass is 299 g/mol. The zero-order valence-corrected chi connectivity index (χ0v) is 11.4. The predicted molar refractivity (Wildman–Crippen MR) is 70.9 cm³/mol. The van der Waals surface area contributed by atoms with Gasteiger partial charge in [-0.05, 0) is 43.5 Å². The lowest BCUT2D eigenvalue weighted by Crippen LogP contribution is -2.36. The Kier molecular flexibility index (Phi) is 4.42. The number of likely N-dealkylation sites (tertiary alicyclic amines) is 1. The van der Waals surface area contributed by atoms with Gasteiger partial charge in [-0.3, -0.25) is 4.90 Å². The normalized spacial score (nSPS) is 21.6. The molecule has 0 aromatic heterocycles. The molecular formula is C13H18BrNO2. The van der Waals surface area contributed by atoms with E-state index in [0.717, 1.165) is 42.5 Å². The SMILES string of the molecule is OCC1CCCN(Cc2cc(Br)ccc2O)C1. The number of halogens is 1. The molecule has 0 saturated carbocycles. The van der Waals surface area contributed by atoms with Gasteiger partial charge in [0.25, 0.3) is 0 Å². The van der Waals surface area contributed by atoms with Crippen molar-refractivity contribution in [3.8, 4) is 5.75 Å². The molecule has 4 heteroatoms. The molecule has 0 radical (unpaired) electrons. The van der Waals surface area contributed by atoms with E-state index in [2.05, 4.69) is 20.8 Å². The zero-order chi connectivity index (χ0) is 12.3. The predicted octanol–water partition coefficient (Wildman–Crippen LogP) is 2.36. The number of aliphatic hydroxyl groups is 1. The maximum atomic E-state index is 9.79. The van der Waals surface area contributed by atoms with Crippen LogP contribution < -0.4 is 0 Å². The van der Waals surface area contributed by atoms with E-state index in [1.807, 2.05) is 12.1 Å². The summed E-state index contributed by atoms with van der Waals surface area (Å²) in [5.41, 5.74) is 0.943. The molecule has 0 bridgehead atoms. The number of aromatic hydroxyl groups is 1. The Morgan fingerprint density at radius 2 is 2.24 bits per heavy atom. The molecule has 2 rings (SSSR count). The van der Waals surface area contributed by atoms with Gasteiger partial charge in [-0.25, -0.2) is 0 Å². The Morgan fingerprint density at radius 3 is 3.00 bits per heavy atom. The van der Waals surface area contributed by atoms with E-state index < -0.39 is 0 Å². The van der Waals surface area contributed by atoms with E-state index in [1.165, 1.54) is 0 Å². The maximum Gasteiger partial charge on any atom is 0.120 e. The van der Waals surface area contributed by atoms with Crippen LogP contribution in [-0.2, 0) is 6.54 Å². The van der Waals surface area contributed by atoms with Gasteiger partial charge >= 0.3 is 0 Å². The first kappa shape index (κ1) is 12.9. The van der Waals surface area contributed by atoms with Crippen LogP contribution in [0.2, 0.25) is 0 Å². The molecule has 3 nitrogen and oxygen atoms in total. The van der Waals surface area contributed by atoms with Gasteiger partial charge in [-0.1, -0.05) is 15.9 Å². The van der Waals surface area contributed by atoms with E-state index in [0.29, 0.717) is 11.7 Å². The highest BCUT2D eigenvalue weighted by atomic mass is 79.9. The summed E-state index contributed by atoms with van der Waals surface area (Å²) in [6.07, 6.45) is 2.23.